The van der Waals surface area contributed by atoms with Crippen molar-refractivity contribution < 1.29 is 14.3 Å². The van der Waals surface area contributed by atoms with Gasteiger partial charge >= 0.3 is 5.97 Å². The largest absolute Gasteiger partial charge is 0.478 e. The predicted molar refractivity (Wildman–Crippen MR) is 56.6 cm³/mol. The fourth-order valence-corrected chi connectivity index (χ4v) is 1.44. The van der Waals surface area contributed by atoms with Gasteiger partial charge in [-0.2, -0.15) is 0 Å². The second-order valence-corrected chi connectivity index (χ2v) is 3.21. The summed E-state index contributed by atoms with van der Waals surface area (Å²) in [4.78, 5) is 14.6. The van der Waals surface area contributed by atoms with Crippen LogP contribution < -0.4 is 0 Å². The van der Waals surface area contributed by atoms with Crippen LogP contribution in [0.4, 0.5) is 4.39 Å². The Hall–Kier alpha value is -2.23. The van der Waals surface area contributed by atoms with Crippen LogP contribution in [0.15, 0.2) is 42.7 Å². The van der Waals surface area contributed by atoms with Crippen LogP contribution in [-0.2, 0) is 0 Å². The summed E-state index contributed by atoms with van der Waals surface area (Å²) in [5, 5.41) is 8.78. The standard InChI is InChI=1S/C12H8FNO2/c13-11-9(8-3-2-6-14-7-8)4-1-5-10(11)12(15)16/h1-7H,(H,15,16). The molecular weight excluding hydrogens is 209 g/mol. The van der Waals surface area contributed by atoms with Crippen molar-refractivity contribution in [1.29, 1.82) is 0 Å². The van der Waals surface area contributed by atoms with E-state index in [1.807, 2.05) is 0 Å². The second kappa shape index (κ2) is 4.10. The molecule has 0 saturated carbocycles. The summed E-state index contributed by atoms with van der Waals surface area (Å²) in [6.45, 7) is 0. The average Bonchev–Trinajstić information content (AvgIpc) is 2.30. The Balaban J connectivity index is 2.59. The molecule has 1 N–H and O–H groups in total. The molecule has 0 aliphatic heterocycles. The number of carboxylic acid groups (broad SMARTS) is 1. The molecule has 1 aromatic carbocycles. The number of pyridine rings is 1. The topological polar surface area (TPSA) is 50.2 Å². The van der Waals surface area contributed by atoms with Gasteiger partial charge in [-0.05, 0) is 12.1 Å². The lowest BCUT2D eigenvalue weighted by Crippen LogP contribution is -2.01. The van der Waals surface area contributed by atoms with Gasteiger partial charge in [0.2, 0.25) is 0 Å². The molecule has 2 aromatic rings. The van der Waals surface area contributed by atoms with Gasteiger partial charge in [-0.25, -0.2) is 9.18 Å². The number of rotatable bonds is 2. The van der Waals surface area contributed by atoms with Crippen molar-refractivity contribution in [2.75, 3.05) is 0 Å². The van der Waals surface area contributed by atoms with E-state index in [9.17, 15) is 9.18 Å². The van der Waals surface area contributed by atoms with Crippen LogP contribution in [0, 0.1) is 5.82 Å². The Morgan fingerprint density at radius 1 is 1.25 bits per heavy atom. The summed E-state index contributed by atoms with van der Waals surface area (Å²) < 4.78 is 13.8. The fourth-order valence-electron chi connectivity index (χ4n) is 1.44. The summed E-state index contributed by atoms with van der Waals surface area (Å²) in [5.41, 5.74) is 0.470. The van der Waals surface area contributed by atoms with Crippen LogP contribution in [0.5, 0.6) is 0 Å². The molecule has 0 atom stereocenters. The first-order chi connectivity index (χ1) is 7.70. The number of aromatic carboxylic acids is 1. The van der Waals surface area contributed by atoms with Gasteiger partial charge in [0.25, 0.3) is 0 Å². The van der Waals surface area contributed by atoms with Crippen molar-refractivity contribution in [2.24, 2.45) is 0 Å². The summed E-state index contributed by atoms with van der Waals surface area (Å²) in [5.74, 6) is -2.01. The smallest absolute Gasteiger partial charge is 0.338 e. The van der Waals surface area contributed by atoms with E-state index in [4.69, 9.17) is 5.11 Å². The van der Waals surface area contributed by atoms with Crippen molar-refractivity contribution in [3.05, 3.63) is 54.1 Å². The first-order valence-corrected chi connectivity index (χ1v) is 4.62. The lowest BCUT2D eigenvalue weighted by molar-refractivity contribution is 0.0692. The number of halogens is 1. The number of carboxylic acids is 1. The molecule has 0 bridgehead atoms. The van der Waals surface area contributed by atoms with E-state index in [2.05, 4.69) is 4.98 Å². The van der Waals surface area contributed by atoms with E-state index in [1.165, 1.54) is 24.4 Å². The van der Waals surface area contributed by atoms with Gasteiger partial charge < -0.3 is 5.11 Å². The molecule has 4 heteroatoms. The maximum atomic E-state index is 13.8. The molecule has 0 fully saturated rings. The van der Waals surface area contributed by atoms with E-state index in [0.29, 0.717) is 5.56 Å². The molecule has 2 rings (SSSR count). The Bertz CT molecular complexity index is 526. The van der Waals surface area contributed by atoms with Crippen LogP contribution in [0.1, 0.15) is 10.4 Å². The van der Waals surface area contributed by atoms with Crippen molar-refractivity contribution in [3.63, 3.8) is 0 Å². The third-order valence-electron chi connectivity index (χ3n) is 2.20. The van der Waals surface area contributed by atoms with Gasteiger partial charge in [0.15, 0.2) is 0 Å². The van der Waals surface area contributed by atoms with Crippen molar-refractivity contribution >= 4 is 5.97 Å². The zero-order valence-electron chi connectivity index (χ0n) is 8.22. The molecule has 1 aromatic heterocycles. The highest BCUT2D eigenvalue weighted by atomic mass is 19.1. The number of hydrogen-bond acceptors (Lipinski definition) is 2. The quantitative estimate of drug-likeness (QED) is 0.841. The number of aromatic nitrogens is 1. The van der Waals surface area contributed by atoms with Crippen molar-refractivity contribution in [2.45, 2.75) is 0 Å². The highest BCUT2D eigenvalue weighted by Gasteiger charge is 2.14. The minimum absolute atomic E-state index is 0.244. The first kappa shape index (κ1) is 10.3. The molecule has 0 radical (unpaired) electrons. The average molecular weight is 217 g/mol. The molecule has 0 unspecified atom stereocenters. The maximum Gasteiger partial charge on any atom is 0.338 e. The Labute approximate surface area is 91.2 Å². The van der Waals surface area contributed by atoms with Crippen molar-refractivity contribution in [3.8, 4) is 11.1 Å². The van der Waals surface area contributed by atoms with Gasteiger partial charge in [-0.3, -0.25) is 4.98 Å². The lowest BCUT2D eigenvalue weighted by Gasteiger charge is -2.04. The molecule has 0 amide bonds. The zero-order chi connectivity index (χ0) is 11.5. The normalized spacial score (nSPS) is 10.1. The SMILES string of the molecule is O=C(O)c1cccc(-c2cccnc2)c1F. The second-order valence-electron chi connectivity index (χ2n) is 3.21. The van der Waals surface area contributed by atoms with Crippen LogP contribution >= 0.6 is 0 Å². The molecule has 1 heterocycles. The number of nitrogens with zero attached hydrogens (tertiary/aromatic N) is 1. The lowest BCUT2D eigenvalue weighted by atomic mass is 10.0. The van der Waals surface area contributed by atoms with Crippen LogP contribution in [0.25, 0.3) is 11.1 Å². The Kier molecular flexibility index (Phi) is 2.64. The summed E-state index contributed by atoms with van der Waals surface area (Å²) in [6.07, 6.45) is 3.06. The third kappa shape index (κ3) is 1.77. The van der Waals surface area contributed by atoms with Crippen LogP contribution in [-0.4, -0.2) is 16.1 Å². The summed E-state index contributed by atoms with van der Waals surface area (Å²) >= 11 is 0. The molecule has 0 aliphatic rings. The summed E-state index contributed by atoms with van der Waals surface area (Å²) in [6, 6.07) is 7.62. The van der Waals surface area contributed by atoms with Crippen molar-refractivity contribution in [1.82, 2.24) is 4.98 Å². The fraction of sp³-hybridized carbons (Fsp3) is 0. The minimum atomic E-state index is -1.27. The minimum Gasteiger partial charge on any atom is -0.478 e. The van der Waals surface area contributed by atoms with E-state index in [-0.39, 0.29) is 11.1 Å². The molecular formula is C12H8FNO2. The van der Waals surface area contributed by atoms with Crippen LogP contribution in [0.3, 0.4) is 0 Å². The first-order valence-electron chi connectivity index (χ1n) is 4.62. The van der Waals surface area contributed by atoms with E-state index < -0.39 is 11.8 Å². The van der Waals surface area contributed by atoms with Gasteiger partial charge in [0.05, 0.1) is 5.56 Å². The van der Waals surface area contributed by atoms with Gasteiger partial charge in [-0.15, -0.1) is 0 Å². The molecule has 80 valence electrons. The monoisotopic (exact) mass is 217 g/mol. The number of hydrogen-bond donors (Lipinski definition) is 1. The van der Waals surface area contributed by atoms with Crippen LogP contribution in [0.2, 0.25) is 0 Å². The highest BCUT2D eigenvalue weighted by Crippen LogP contribution is 2.23. The van der Waals surface area contributed by atoms with E-state index >= 15 is 0 Å². The van der Waals surface area contributed by atoms with E-state index in [1.54, 1.807) is 18.3 Å². The predicted octanol–water partition coefficient (Wildman–Crippen LogP) is 2.59. The maximum absolute atomic E-state index is 13.8. The molecule has 0 spiro atoms. The molecule has 0 aliphatic carbocycles. The van der Waals surface area contributed by atoms with E-state index in [0.717, 1.165) is 0 Å². The molecule has 0 saturated heterocycles. The molecule has 3 nitrogen and oxygen atoms in total. The number of benzene rings is 1. The highest BCUT2D eigenvalue weighted by molar-refractivity contribution is 5.89. The molecule has 16 heavy (non-hydrogen) atoms. The van der Waals surface area contributed by atoms with Gasteiger partial charge in [0, 0.05) is 23.5 Å². The van der Waals surface area contributed by atoms with Gasteiger partial charge in [0.1, 0.15) is 5.82 Å². The Morgan fingerprint density at radius 3 is 2.69 bits per heavy atom. The summed E-state index contributed by atoms with van der Waals surface area (Å²) in [7, 11) is 0. The zero-order valence-corrected chi connectivity index (χ0v) is 8.22. The third-order valence-corrected chi connectivity index (χ3v) is 2.20. The number of carbonyl (C=O) groups is 1. The van der Waals surface area contributed by atoms with Gasteiger partial charge in [-0.1, -0.05) is 18.2 Å². The Morgan fingerprint density at radius 2 is 2.06 bits per heavy atom.